The molecule has 5 nitrogen and oxygen atoms in total. The van der Waals surface area contributed by atoms with E-state index in [1.807, 2.05) is 0 Å². The van der Waals surface area contributed by atoms with E-state index in [0.29, 0.717) is 24.4 Å². The molecule has 0 spiro atoms. The summed E-state index contributed by atoms with van der Waals surface area (Å²) in [5, 5.41) is 22.9. The molecular formula is C17H27N3O2. The first-order chi connectivity index (χ1) is 10.5. The summed E-state index contributed by atoms with van der Waals surface area (Å²) >= 11 is 0. The van der Waals surface area contributed by atoms with Crippen LogP contribution >= 0.6 is 0 Å². The van der Waals surface area contributed by atoms with E-state index in [1.54, 1.807) is 4.90 Å². The number of nitriles is 1. The minimum Gasteiger partial charge on any atom is -0.390 e. The standard InChI is InChI=1S/C17H27N3O2/c1-2-17(22)8-12-6-14(7-13(12)9-17)19-11-16(21)20-5-3-4-15(20)10-18/h12-15,19,22H,2-9,11H2,1H3/t12-,13+,14-,15-,17?/m0/s1. The lowest BCUT2D eigenvalue weighted by Gasteiger charge is -2.24. The molecule has 3 aliphatic rings. The Balaban J connectivity index is 1.45. The number of hydrogen-bond donors (Lipinski definition) is 2. The molecule has 1 heterocycles. The number of nitrogens with one attached hydrogen (secondary N) is 1. The van der Waals surface area contributed by atoms with Crippen LogP contribution in [0.4, 0.5) is 0 Å². The molecule has 5 heteroatoms. The van der Waals surface area contributed by atoms with Crippen molar-refractivity contribution in [3.05, 3.63) is 0 Å². The van der Waals surface area contributed by atoms with Crippen LogP contribution in [0.25, 0.3) is 0 Å². The maximum absolute atomic E-state index is 12.2. The summed E-state index contributed by atoms with van der Waals surface area (Å²) in [6.45, 7) is 3.13. The summed E-state index contributed by atoms with van der Waals surface area (Å²) in [6, 6.07) is 2.39. The Hall–Kier alpha value is -1.12. The fourth-order valence-corrected chi connectivity index (χ4v) is 4.76. The van der Waals surface area contributed by atoms with Gasteiger partial charge in [0.1, 0.15) is 6.04 Å². The second-order valence-electron chi connectivity index (χ2n) is 7.43. The number of likely N-dealkylation sites (tertiary alicyclic amines) is 1. The van der Waals surface area contributed by atoms with Crippen molar-refractivity contribution < 1.29 is 9.90 Å². The van der Waals surface area contributed by atoms with Gasteiger partial charge in [0, 0.05) is 12.6 Å². The fourth-order valence-electron chi connectivity index (χ4n) is 4.76. The molecule has 1 amide bonds. The van der Waals surface area contributed by atoms with Crippen molar-refractivity contribution in [2.45, 2.75) is 69.6 Å². The lowest BCUT2D eigenvalue weighted by Crippen LogP contribution is -2.43. The topological polar surface area (TPSA) is 76.4 Å². The highest BCUT2D eigenvalue weighted by atomic mass is 16.3. The van der Waals surface area contributed by atoms with Crippen LogP contribution in [0.2, 0.25) is 0 Å². The average Bonchev–Trinajstić information content (AvgIpc) is 3.17. The zero-order valence-corrected chi connectivity index (χ0v) is 13.4. The monoisotopic (exact) mass is 305 g/mol. The van der Waals surface area contributed by atoms with E-state index in [4.69, 9.17) is 5.26 Å². The predicted octanol–water partition coefficient (Wildman–Crippen LogP) is 1.42. The van der Waals surface area contributed by atoms with Crippen LogP contribution in [0.1, 0.15) is 51.9 Å². The smallest absolute Gasteiger partial charge is 0.237 e. The van der Waals surface area contributed by atoms with E-state index in [1.165, 1.54) is 0 Å². The normalized spacial score (nSPS) is 40.7. The fraction of sp³-hybridized carbons (Fsp3) is 0.882. The molecule has 0 radical (unpaired) electrons. The molecule has 1 unspecified atom stereocenters. The zero-order chi connectivity index (χ0) is 15.7. The van der Waals surface area contributed by atoms with Crippen molar-refractivity contribution in [3.8, 4) is 6.07 Å². The van der Waals surface area contributed by atoms with Crippen LogP contribution in [0.15, 0.2) is 0 Å². The minimum atomic E-state index is -0.439. The van der Waals surface area contributed by atoms with E-state index < -0.39 is 5.60 Å². The van der Waals surface area contributed by atoms with Gasteiger partial charge in [-0.1, -0.05) is 6.92 Å². The Morgan fingerprint density at radius 1 is 1.41 bits per heavy atom. The number of nitrogens with zero attached hydrogens (tertiary/aromatic N) is 2. The molecule has 0 bridgehead atoms. The Morgan fingerprint density at radius 2 is 2.09 bits per heavy atom. The first-order valence-corrected chi connectivity index (χ1v) is 8.69. The van der Waals surface area contributed by atoms with Gasteiger partial charge in [0.05, 0.1) is 18.2 Å². The van der Waals surface area contributed by atoms with Gasteiger partial charge in [0.25, 0.3) is 0 Å². The van der Waals surface area contributed by atoms with Gasteiger partial charge in [-0.05, 0) is 56.8 Å². The summed E-state index contributed by atoms with van der Waals surface area (Å²) in [7, 11) is 0. The zero-order valence-electron chi connectivity index (χ0n) is 13.4. The highest BCUT2D eigenvalue weighted by molar-refractivity contribution is 5.79. The first-order valence-electron chi connectivity index (χ1n) is 8.69. The molecule has 1 saturated heterocycles. The first kappa shape index (κ1) is 15.8. The highest BCUT2D eigenvalue weighted by Crippen LogP contribution is 2.49. The van der Waals surface area contributed by atoms with Gasteiger partial charge in [0.15, 0.2) is 0 Å². The van der Waals surface area contributed by atoms with Crippen molar-refractivity contribution in [2.75, 3.05) is 13.1 Å². The number of rotatable bonds is 4. The molecule has 0 aromatic carbocycles. The van der Waals surface area contributed by atoms with Gasteiger partial charge < -0.3 is 15.3 Å². The van der Waals surface area contributed by atoms with Crippen molar-refractivity contribution in [2.24, 2.45) is 11.8 Å². The van der Waals surface area contributed by atoms with Crippen LogP contribution < -0.4 is 5.32 Å². The van der Waals surface area contributed by atoms with Gasteiger partial charge in [-0.25, -0.2) is 0 Å². The van der Waals surface area contributed by atoms with Crippen LogP contribution in [-0.4, -0.2) is 46.7 Å². The Morgan fingerprint density at radius 3 is 2.68 bits per heavy atom. The maximum Gasteiger partial charge on any atom is 0.237 e. The number of amides is 1. The molecule has 0 aromatic rings. The molecule has 2 aliphatic carbocycles. The molecule has 0 aromatic heterocycles. The van der Waals surface area contributed by atoms with Crippen LogP contribution in [0, 0.1) is 23.2 Å². The third-order valence-electron chi connectivity index (χ3n) is 6.05. The lowest BCUT2D eigenvalue weighted by molar-refractivity contribution is -0.130. The Labute approximate surface area is 132 Å². The summed E-state index contributed by atoms with van der Waals surface area (Å²) in [5.74, 6) is 1.28. The van der Waals surface area contributed by atoms with Crippen molar-refractivity contribution >= 4 is 5.91 Å². The molecule has 22 heavy (non-hydrogen) atoms. The molecular weight excluding hydrogens is 278 g/mol. The number of hydrogen-bond acceptors (Lipinski definition) is 4. The van der Waals surface area contributed by atoms with Gasteiger partial charge in [-0.15, -0.1) is 0 Å². The third-order valence-corrected chi connectivity index (χ3v) is 6.05. The summed E-state index contributed by atoms with van der Waals surface area (Å²) in [6.07, 6.45) is 6.58. The predicted molar refractivity (Wildman–Crippen MR) is 82.8 cm³/mol. The number of fused-ring (bicyclic) bond motifs is 1. The molecule has 2 saturated carbocycles. The second-order valence-corrected chi connectivity index (χ2v) is 7.43. The third kappa shape index (κ3) is 3.00. The summed E-state index contributed by atoms with van der Waals surface area (Å²) in [4.78, 5) is 14.0. The molecule has 3 fully saturated rings. The van der Waals surface area contributed by atoms with E-state index in [-0.39, 0.29) is 11.9 Å². The largest absolute Gasteiger partial charge is 0.390 e. The Kier molecular flexibility index (Phi) is 4.42. The quantitative estimate of drug-likeness (QED) is 0.823. The van der Waals surface area contributed by atoms with E-state index in [9.17, 15) is 9.90 Å². The Bertz CT molecular complexity index is 459. The second kappa shape index (κ2) is 6.17. The van der Waals surface area contributed by atoms with Gasteiger partial charge in [0.2, 0.25) is 5.91 Å². The van der Waals surface area contributed by atoms with Crippen molar-refractivity contribution in [1.82, 2.24) is 10.2 Å². The summed E-state index contributed by atoms with van der Waals surface area (Å²) in [5.41, 5.74) is -0.439. The van der Waals surface area contributed by atoms with Gasteiger partial charge >= 0.3 is 0 Å². The van der Waals surface area contributed by atoms with Crippen molar-refractivity contribution in [1.29, 1.82) is 5.26 Å². The highest BCUT2D eigenvalue weighted by Gasteiger charge is 2.47. The lowest BCUT2D eigenvalue weighted by atomic mass is 9.94. The molecule has 122 valence electrons. The van der Waals surface area contributed by atoms with E-state index in [2.05, 4.69) is 18.3 Å². The van der Waals surface area contributed by atoms with Gasteiger partial charge in [-0.2, -0.15) is 5.26 Å². The summed E-state index contributed by atoms with van der Waals surface area (Å²) < 4.78 is 0. The minimum absolute atomic E-state index is 0.0613. The van der Waals surface area contributed by atoms with Crippen LogP contribution in [-0.2, 0) is 4.79 Å². The molecule has 3 rings (SSSR count). The van der Waals surface area contributed by atoms with Crippen LogP contribution in [0.3, 0.4) is 0 Å². The molecule has 2 N–H and O–H groups in total. The molecule has 1 aliphatic heterocycles. The number of aliphatic hydroxyl groups is 1. The molecule has 5 atom stereocenters. The average molecular weight is 305 g/mol. The van der Waals surface area contributed by atoms with E-state index >= 15 is 0 Å². The SMILES string of the molecule is CCC1(O)C[C@H]2C[C@@H](NCC(=O)N3CCC[C@H]3C#N)C[C@H]2C1. The van der Waals surface area contributed by atoms with E-state index in [0.717, 1.165) is 51.5 Å². The number of carbonyl (C=O) groups excluding carboxylic acids is 1. The van der Waals surface area contributed by atoms with Crippen molar-refractivity contribution in [3.63, 3.8) is 0 Å². The number of carbonyl (C=O) groups is 1. The maximum atomic E-state index is 12.2. The van der Waals surface area contributed by atoms with Crippen LogP contribution in [0.5, 0.6) is 0 Å². The van der Waals surface area contributed by atoms with Gasteiger partial charge in [-0.3, -0.25) is 4.79 Å².